The van der Waals surface area contributed by atoms with Crippen molar-refractivity contribution in [3.05, 3.63) is 29.5 Å². The van der Waals surface area contributed by atoms with Crippen LogP contribution in [0.1, 0.15) is 11.1 Å². The molecule has 24 heavy (non-hydrogen) atoms. The van der Waals surface area contributed by atoms with E-state index in [4.69, 9.17) is 20.9 Å². The molecule has 2 aromatic rings. The summed E-state index contributed by atoms with van der Waals surface area (Å²) >= 11 is 0. The van der Waals surface area contributed by atoms with Gasteiger partial charge in [0.05, 0.1) is 14.2 Å². The Morgan fingerprint density at radius 2 is 1.58 bits per heavy atom. The molecule has 1 aromatic carbocycles. The van der Waals surface area contributed by atoms with Gasteiger partial charge in [0.25, 0.3) is 0 Å². The van der Waals surface area contributed by atoms with Gasteiger partial charge in [-0.05, 0) is 17.7 Å². The monoisotopic (exact) mass is 375 g/mol. The first-order valence-electron chi connectivity index (χ1n) is 6.75. The molecule has 4 N–H and O–H groups in total. The molecule has 0 radical (unpaired) electrons. The van der Waals surface area contributed by atoms with Crippen molar-refractivity contribution in [3.8, 4) is 11.5 Å². The standard InChI is InChI=1S/C15H21N5O2.2ClH/c1-20(2)13-11(21-3)6-9(7-12(13)22-4)5-10-8-18-15(17)19-14(10)16;;/h6-8H,5H2,1-4H3,(H4,16,17,18,19);2*1H. The second kappa shape index (κ2) is 9.24. The predicted molar refractivity (Wildman–Crippen MR) is 102 cm³/mol. The number of nitrogens with two attached hydrogens (primary N) is 2. The second-order valence-electron chi connectivity index (χ2n) is 5.06. The number of rotatable bonds is 5. The van der Waals surface area contributed by atoms with Gasteiger partial charge in [0.15, 0.2) is 0 Å². The fourth-order valence-corrected chi connectivity index (χ4v) is 2.28. The molecule has 0 unspecified atom stereocenters. The predicted octanol–water partition coefficient (Wildman–Crippen LogP) is 2.16. The summed E-state index contributed by atoms with van der Waals surface area (Å²) < 4.78 is 10.9. The summed E-state index contributed by atoms with van der Waals surface area (Å²) in [6, 6.07) is 3.90. The smallest absolute Gasteiger partial charge is 0.221 e. The first kappa shape index (κ1) is 21.9. The number of benzene rings is 1. The molecule has 134 valence electrons. The number of anilines is 3. The van der Waals surface area contributed by atoms with E-state index < -0.39 is 0 Å². The van der Waals surface area contributed by atoms with Crippen molar-refractivity contribution < 1.29 is 9.47 Å². The molecule has 1 aromatic heterocycles. The summed E-state index contributed by atoms with van der Waals surface area (Å²) in [4.78, 5) is 9.90. The Morgan fingerprint density at radius 1 is 1.04 bits per heavy atom. The van der Waals surface area contributed by atoms with E-state index in [2.05, 4.69) is 9.97 Å². The van der Waals surface area contributed by atoms with Crippen LogP contribution < -0.4 is 25.8 Å². The zero-order chi connectivity index (χ0) is 16.3. The maximum Gasteiger partial charge on any atom is 0.221 e. The van der Waals surface area contributed by atoms with Crippen molar-refractivity contribution in [1.82, 2.24) is 9.97 Å². The van der Waals surface area contributed by atoms with Crippen molar-refractivity contribution in [3.63, 3.8) is 0 Å². The third-order valence-electron chi connectivity index (χ3n) is 3.30. The summed E-state index contributed by atoms with van der Waals surface area (Å²) in [5.74, 6) is 2.00. The van der Waals surface area contributed by atoms with Crippen LogP contribution in [-0.4, -0.2) is 38.3 Å². The first-order valence-corrected chi connectivity index (χ1v) is 6.75. The van der Waals surface area contributed by atoms with Gasteiger partial charge in [-0.1, -0.05) is 0 Å². The lowest BCUT2D eigenvalue weighted by molar-refractivity contribution is 0.395. The van der Waals surface area contributed by atoms with Crippen LogP contribution in [0, 0.1) is 0 Å². The molecule has 0 saturated heterocycles. The number of halogens is 2. The molecule has 0 aliphatic carbocycles. The van der Waals surface area contributed by atoms with Crippen LogP contribution in [0.25, 0.3) is 0 Å². The van der Waals surface area contributed by atoms with E-state index in [1.54, 1.807) is 20.4 Å². The highest BCUT2D eigenvalue weighted by Gasteiger charge is 2.15. The topological polar surface area (TPSA) is 99.5 Å². The van der Waals surface area contributed by atoms with Crippen molar-refractivity contribution in [1.29, 1.82) is 0 Å². The summed E-state index contributed by atoms with van der Waals surface area (Å²) in [7, 11) is 7.14. The molecule has 0 bridgehead atoms. The molecule has 0 spiro atoms. The van der Waals surface area contributed by atoms with Gasteiger partial charge in [-0.15, -0.1) is 24.8 Å². The number of methoxy groups -OCH3 is 2. The molecular formula is C15H23Cl2N5O2. The Balaban J connectivity index is 0.00000264. The number of hydrogen-bond donors (Lipinski definition) is 2. The minimum Gasteiger partial charge on any atom is -0.494 e. The number of nitrogen functional groups attached to an aromatic ring is 2. The van der Waals surface area contributed by atoms with Crippen LogP contribution in [0.5, 0.6) is 11.5 Å². The quantitative estimate of drug-likeness (QED) is 0.825. The lowest BCUT2D eigenvalue weighted by Crippen LogP contribution is -2.12. The molecule has 0 fully saturated rings. The second-order valence-corrected chi connectivity index (χ2v) is 5.06. The van der Waals surface area contributed by atoms with Crippen LogP contribution in [-0.2, 0) is 6.42 Å². The van der Waals surface area contributed by atoms with Crippen LogP contribution in [0.4, 0.5) is 17.5 Å². The largest absolute Gasteiger partial charge is 0.494 e. The average Bonchev–Trinajstić information content (AvgIpc) is 2.48. The molecule has 0 aliphatic heterocycles. The van der Waals surface area contributed by atoms with E-state index >= 15 is 0 Å². The van der Waals surface area contributed by atoms with Crippen molar-refractivity contribution in [2.45, 2.75) is 6.42 Å². The lowest BCUT2D eigenvalue weighted by Gasteiger charge is -2.21. The van der Waals surface area contributed by atoms with E-state index in [1.165, 1.54) is 0 Å². The van der Waals surface area contributed by atoms with Gasteiger partial charge in [0.2, 0.25) is 5.95 Å². The summed E-state index contributed by atoms with van der Waals surface area (Å²) in [6.07, 6.45) is 2.20. The number of aromatic nitrogens is 2. The van der Waals surface area contributed by atoms with Gasteiger partial charge in [-0.2, -0.15) is 4.98 Å². The highest BCUT2D eigenvalue weighted by atomic mass is 35.5. The van der Waals surface area contributed by atoms with Gasteiger partial charge >= 0.3 is 0 Å². The molecular weight excluding hydrogens is 353 g/mol. The van der Waals surface area contributed by atoms with E-state index in [1.807, 2.05) is 31.1 Å². The van der Waals surface area contributed by atoms with Crippen molar-refractivity contribution in [2.75, 3.05) is 44.7 Å². The maximum absolute atomic E-state index is 5.89. The first-order chi connectivity index (χ1) is 10.5. The number of nitrogens with zero attached hydrogens (tertiary/aromatic N) is 3. The Morgan fingerprint density at radius 3 is 2.00 bits per heavy atom. The van der Waals surface area contributed by atoms with E-state index in [9.17, 15) is 0 Å². The molecule has 0 aliphatic rings. The van der Waals surface area contributed by atoms with Crippen LogP contribution >= 0.6 is 24.8 Å². The zero-order valence-electron chi connectivity index (χ0n) is 14.1. The number of ether oxygens (including phenoxy) is 2. The molecule has 9 heteroatoms. The Kier molecular flexibility index (Phi) is 8.43. The maximum atomic E-state index is 5.89. The van der Waals surface area contributed by atoms with E-state index in [0.29, 0.717) is 12.2 Å². The Labute approximate surface area is 154 Å². The molecule has 1 heterocycles. The van der Waals surface area contributed by atoms with Crippen LogP contribution in [0.2, 0.25) is 0 Å². The van der Waals surface area contributed by atoms with Gasteiger partial charge in [-0.3, -0.25) is 0 Å². The zero-order valence-corrected chi connectivity index (χ0v) is 15.7. The minimum atomic E-state index is 0. The normalized spacial score (nSPS) is 9.50. The third kappa shape index (κ3) is 4.69. The van der Waals surface area contributed by atoms with Crippen molar-refractivity contribution >= 4 is 42.3 Å². The fourth-order valence-electron chi connectivity index (χ4n) is 2.28. The minimum absolute atomic E-state index is 0. The summed E-state index contributed by atoms with van der Waals surface area (Å²) in [5, 5.41) is 0. The van der Waals surface area contributed by atoms with Gasteiger partial charge < -0.3 is 25.8 Å². The van der Waals surface area contributed by atoms with Gasteiger partial charge in [0, 0.05) is 32.3 Å². The van der Waals surface area contributed by atoms with Gasteiger partial charge in [0.1, 0.15) is 23.0 Å². The van der Waals surface area contributed by atoms with Gasteiger partial charge in [-0.25, -0.2) is 4.98 Å². The summed E-state index contributed by atoms with van der Waals surface area (Å²) in [5.41, 5.74) is 14.1. The highest BCUT2D eigenvalue weighted by molar-refractivity contribution is 5.85. The lowest BCUT2D eigenvalue weighted by atomic mass is 10.0. The molecule has 0 saturated carbocycles. The third-order valence-corrected chi connectivity index (χ3v) is 3.30. The molecule has 0 amide bonds. The fraction of sp³-hybridized carbons (Fsp3) is 0.333. The molecule has 2 rings (SSSR count). The van der Waals surface area contributed by atoms with Crippen molar-refractivity contribution in [2.24, 2.45) is 0 Å². The summed E-state index contributed by atoms with van der Waals surface area (Å²) in [6.45, 7) is 0. The Bertz CT molecular complexity index is 658. The van der Waals surface area contributed by atoms with E-state index in [0.717, 1.165) is 28.3 Å². The number of hydrogen-bond acceptors (Lipinski definition) is 7. The SMILES string of the molecule is COc1cc(Cc2cnc(N)nc2N)cc(OC)c1N(C)C.Cl.Cl. The van der Waals surface area contributed by atoms with Crippen LogP contribution in [0.15, 0.2) is 18.3 Å². The Hall–Kier alpha value is -2.12. The molecule has 7 nitrogen and oxygen atoms in total. The highest BCUT2D eigenvalue weighted by Crippen LogP contribution is 2.38. The average molecular weight is 376 g/mol. The van der Waals surface area contributed by atoms with E-state index in [-0.39, 0.29) is 30.8 Å². The van der Waals surface area contributed by atoms with Crippen LogP contribution in [0.3, 0.4) is 0 Å². The molecule has 0 atom stereocenters.